The fourth-order valence-electron chi connectivity index (χ4n) is 5.37. The number of hydrogen-bond donors (Lipinski definition) is 1. The SMILES string of the molecule is O=C(O)C1CC1CN1CCC(c2ncc(-c3ccccn3)n2C2OC=C(Cc3ccccc3)O2)CC1. The van der Waals surface area contributed by atoms with Crippen molar-refractivity contribution in [1.82, 2.24) is 19.4 Å². The number of nitrogens with zero attached hydrogens (tertiary/aromatic N) is 4. The van der Waals surface area contributed by atoms with E-state index in [1.807, 2.05) is 42.6 Å². The Kier molecular flexibility index (Phi) is 6.19. The van der Waals surface area contributed by atoms with Crippen LogP contribution < -0.4 is 0 Å². The summed E-state index contributed by atoms with van der Waals surface area (Å²) in [6.45, 7) is 2.74. The van der Waals surface area contributed by atoms with Crippen LogP contribution in [-0.4, -0.2) is 50.1 Å². The normalized spacial score (nSPS) is 24.1. The lowest BCUT2D eigenvalue weighted by Crippen LogP contribution is -2.35. The van der Waals surface area contributed by atoms with Crippen molar-refractivity contribution in [2.75, 3.05) is 19.6 Å². The Labute approximate surface area is 210 Å². The standard InChI is InChI=1S/C28H30N4O4/c33-27(34)23-15-21(23)17-31-12-9-20(10-13-31)26-30-16-25(24-8-4-5-11-29-24)32(26)28-35-18-22(36-28)14-19-6-2-1-3-7-19/h1-8,11,16,18,20-21,23,28H,9-10,12-15,17H2,(H,33,34). The first-order valence-electron chi connectivity index (χ1n) is 12.6. The van der Waals surface area contributed by atoms with Crippen LogP contribution in [0.3, 0.4) is 0 Å². The number of aromatic nitrogens is 3. The van der Waals surface area contributed by atoms with E-state index in [9.17, 15) is 9.90 Å². The van der Waals surface area contributed by atoms with Crippen molar-refractivity contribution >= 4 is 5.97 Å². The predicted molar refractivity (Wildman–Crippen MR) is 133 cm³/mol. The van der Waals surface area contributed by atoms with Crippen molar-refractivity contribution in [2.45, 2.75) is 38.0 Å². The number of allylic oxidation sites excluding steroid dienone is 1. The molecule has 0 spiro atoms. The largest absolute Gasteiger partial charge is 0.481 e. The summed E-state index contributed by atoms with van der Waals surface area (Å²) in [5.74, 6) is 1.48. The summed E-state index contributed by atoms with van der Waals surface area (Å²) in [6, 6.07) is 16.0. The number of carboxylic acids is 1. The number of likely N-dealkylation sites (tertiary alicyclic amines) is 1. The zero-order valence-corrected chi connectivity index (χ0v) is 20.1. The number of rotatable bonds is 8. The van der Waals surface area contributed by atoms with Gasteiger partial charge in [-0.2, -0.15) is 0 Å². The van der Waals surface area contributed by atoms with Crippen LogP contribution >= 0.6 is 0 Å². The monoisotopic (exact) mass is 486 g/mol. The minimum Gasteiger partial charge on any atom is -0.481 e. The first kappa shape index (κ1) is 22.8. The zero-order chi connectivity index (χ0) is 24.5. The highest BCUT2D eigenvalue weighted by molar-refractivity contribution is 5.73. The lowest BCUT2D eigenvalue weighted by molar-refractivity contribution is -0.138. The zero-order valence-electron chi connectivity index (χ0n) is 20.1. The van der Waals surface area contributed by atoms with Crippen molar-refractivity contribution in [3.05, 3.63) is 84.3 Å². The smallest absolute Gasteiger partial charge is 0.332 e. The molecule has 3 aliphatic rings. The van der Waals surface area contributed by atoms with Crippen molar-refractivity contribution in [1.29, 1.82) is 0 Å². The van der Waals surface area contributed by atoms with Crippen LogP contribution in [0.4, 0.5) is 0 Å². The van der Waals surface area contributed by atoms with E-state index in [0.29, 0.717) is 12.3 Å². The van der Waals surface area contributed by atoms with Crippen LogP contribution in [0.1, 0.15) is 43.0 Å². The molecule has 1 aromatic carbocycles. The van der Waals surface area contributed by atoms with Crippen LogP contribution in [-0.2, 0) is 20.7 Å². The number of hydrogen-bond acceptors (Lipinski definition) is 6. The minimum absolute atomic E-state index is 0.156. The molecule has 4 heterocycles. The summed E-state index contributed by atoms with van der Waals surface area (Å²) >= 11 is 0. The number of imidazole rings is 1. The Hall–Kier alpha value is -3.65. The van der Waals surface area contributed by atoms with Crippen LogP contribution in [0, 0.1) is 11.8 Å². The third kappa shape index (κ3) is 4.73. The van der Waals surface area contributed by atoms with E-state index in [2.05, 4.69) is 26.6 Å². The van der Waals surface area contributed by atoms with E-state index >= 15 is 0 Å². The van der Waals surface area contributed by atoms with Crippen LogP contribution in [0.5, 0.6) is 0 Å². The molecule has 0 bridgehead atoms. The number of piperidine rings is 1. The highest BCUT2D eigenvalue weighted by Crippen LogP contribution is 2.41. The van der Waals surface area contributed by atoms with Gasteiger partial charge >= 0.3 is 12.4 Å². The number of ether oxygens (including phenoxy) is 2. The van der Waals surface area contributed by atoms with Gasteiger partial charge < -0.3 is 19.5 Å². The third-order valence-corrected chi connectivity index (χ3v) is 7.44. The average Bonchev–Trinajstić information content (AvgIpc) is 3.31. The summed E-state index contributed by atoms with van der Waals surface area (Å²) in [6.07, 6.45) is 8.12. The molecule has 1 aliphatic carbocycles. The molecular weight excluding hydrogens is 456 g/mol. The molecule has 6 rings (SSSR count). The van der Waals surface area contributed by atoms with Gasteiger partial charge in [0.05, 0.1) is 23.5 Å². The maximum absolute atomic E-state index is 11.2. The molecule has 2 fully saturated rings. The Bertz CT molecular complexity index is 1230. The Morgan fingerprint density at radius 3 is 2.58 bits per heavy atom. The quantitative estimate of drug-likeness (QED) is 0.504. The fourth-order valence-corrected chi connectivity index (χ4v) is 5.37. The Balaban J connectivity index is 1.18. The molecule has 186 valence electrons. The number of benzene rings is 1. The second-order valence-electron chi connectivity index (χ2n) is 9.91. The maximum Gasteiger partial charge on any atom is 0.332 e. The van der Waals surface area contributed by atoms with Gasteiger partial charge in [-0.25, -0.2) is 4.98 Å². The molecule has 3 aromatic rings. The molecule has 2 aromatic heterocycles. The molecule has 3 atom stereocenters. The first-order valence-corrected chi connectivity index (χ1v) is 12.6. The predicted octanol–water partition coefficient (Wildman–Crippen LogP) is 4.43. The van der Waals surface area contributed by atoms with Gasteiger partial charge in [0.15, 0.2) is 0 Å². The maximum atomic E-state index is 11.2. The van der Waals surface area contributed by atoms with E-state index in [1.165, 1.54) is 0 Å². The first-order chi connectivity index (χ1) is 17.7. The molecule has 2 aliphatic heterocycles. The van der Waals surface area contributed by atoms with Crippen LogP contribution in [0.2, 0.25) is 0 Å². The second-order valence-corrected chi connectivity index (χ2v) is 9.91. The van der Waals surface area contributed by atoms with Gasteiger partial charge in [0.25, 0.3) is 0 Å². The second kappa shape index (κ2) is 9.78. The fraction of sp³-hybridized carbons (Fsp3) is 0.393. The average molecular weight is 487 g/mol. The van der Waals surface area contributed by atoms with Crippen LogP contribution in [0.25, 0.3) is 11.4 Å². The summed E-state index contributed by atoms with van der Waals surface area (Å²) in [4.78, 5) is 23.0. The van der Waals surface area contributed by atoms with Crippen LogP contribution in [0.15, 0.2) is 72.9 Å². The third-order valence-electron chi connectivity index (χ3n) is 7.44. The van der Waals surface area contributed by atoms with Gasteiger partial charge in [0, 0.05) is 25.1 Å². The molecule has 1 saturated carbocycles. The highest BCUT2D eigenvalue weighted by Gasteiger charge is 2.44. The summed E-state index contributed by atoms with van der Waals surface area (Å²) < 4.78 is 14.4. The highest BCUT2D eigenvalue weighted by atomic mass is 16.7. The van der Waals surface area contributed by atoms with Crippen molar-refractivity contribution in [3.8, 4) is 11.4 Å². The number of carbonyl (C=O) groups is 1. The van der Waals surface area contributed by atoms with Gasteiger partial charge in [0.1, 0.15) is 17.8 Å². The topological polar surface area (TPSA) is 89.7 Å². The van der Waals surface area contributed by atoms with Gasteiger partial charge in [0.2, 0.25) is 0 Å². The summed E-state index contributed by atoms with van der Waals surface area (Å²) in [5, 5.41) is 9.21. The molecule has 0 amide bonds. The van der Waals surface area contributed by atoms with E-state index in [-0.39, 0.29) is 11.8 Å². The number of aliphatic carboxylic acids is 1. The van der Waals surface area contributed by atoms with E-state index in [0.717, 1.165) is 67.4 Å². The number of pyridine rings is 1. The van der Waals surface area contributed by atoms with Gasteiger partial charge in [-0.3, -0.25) is 14.3 Å². The lowest BCUT2D eigenvalue weighted by atomic mass is 9.95. The lowest BCUT2D eigenvalue weighted by Gasteiger charge is -2.32. The molecule has 1 N–H and O–H groups in total. The van der Waals surface area contributed by atoms with Crippen molar-refractivity contribution in [2.24, 2.45) is 11.8 Å². The van der Waals surface area contributed by atoms with Gasteiger partial charge in [-0.1, -0.05) is 36.4 Å². The molecule has 0 radical (unpaired) electrons. The molecule has 8 heteroatoms. The van der Waals surface area contributed by atoms with E-state index in [4.69, 9.17) is 14.5 Å². The summed E-state index contributed by atoms with van der Waals surface area (Å²) in [5.41, 5.74) is 2.86. The van der Waals surface area contributed by atoms with Crippen molar-refractivity contribution < 1.29 is 19.4 Å². The molecular formula is C28H30N4O4. The summed E-state index contributed by atoms with van der Waals surface area (Å²) in [7, 11) is 0. The molecule has 1 saturated heterocycles. The Morgan fingerprint density at radius 1 is 1.06 bits per heavy atom. The van der Waals surface area contributed by atoms with Gasteiger partial charge in [-0.15, -0.1) is 0 Å². The molecule has 3 unspecified atom stereocenters. The van der Waals surface area contributed by atoms with E-state index < -0.39 is 12.4 Å². The van der Waals surface area contributed by atoms with Crippen molar-refractivity contribution in [3.63, 3.8) is 0 Å². The van der Waals surface area contributed by atoms with E-state index in [1.54, 1.807) is 12.5 Å². The molecule has 8 nitrogen and oxygen atoms in total. The minimum atomic E-state index is -0.657. The van der Waals surface area contributed by atoms with Gasteiger partial charge in [-0.05, 0) is 56.0 Å². The Morgan fingerprint density at radius 2 is 1.86 bits per heavy atom. The number of carboxylic acid groups (broad SMARTS) is 1. The molecule has 36 heavy (non-hydrogen) atoms.